The highest BCUT2D eigenvalue weighted by atomic mass is 35.5. The molecule has 1 aromatic heterocycles. The van der Waals surface area contributed by atoms with Gasteiger partial charge < -0.3 is 4.74 Å². The van der Waals surface area contributed by atoms with Gasteiger partial charge in [-0.05, 0) is 6.42 Å². The minimum atomic E-state index is 0.303. The molecule has 0 amide bonds. The summed E-state index contributed by atoms with van der Waals surface area (Å²) < 4.78 is 7.59. The van der Waals surface area contributed by atoms with Crippen molar-refractivity contribution in [2.45, 2.75) is 44.2 Å². The van der Waals surface area contributed by atoms with Crippen LogP contribution in [0, 0.1) is 0 Å². The first kappa shape index (κ1) is 9.84. The molecule has 0 saturated heterocycles. The molecule has 14 heavy (non-hydrogen) atoms. The molecule has 0 unspecified atom stereocenters. The summed E-state index contributed by atoms with van der Waals surface area (Å²) in [4.78, 5) is 0. The lowest BCUT2D eigenvalue weighted by atomic mass is 9.95. The number of aromatic nitrogens is 2. The molecule has 1 saturated carbocycles. The van der Waals surface area contributed by atoms with Crippen molar-refractivity contribution < 1.29 is 4.74 Å². The van der Waals surface area contributed by atoms with E-state index in [4.69, 9.17) is 16.3 Å². The summed E-state index contributed by atoms with van der Waals surface area (Å²) in [7, 11) is 0. The maximum absolute atomic E-state index is 5.86. The molecule has 0 N–H and O–H groups in total. The van der Waals surface area contributed by atoms with Crippen molar-refractivity contribution in [2.75, 3.05) is 0 Å². The molecule has 4 heteroatoms. The zero-order valence-electron chi connectivity index (χ0n) is 8.32. The number of hydrogen-bond acceptors (Lipinski definition) is 2. The summed E-state index contributed by atoms with van der Waals surface area (Å²) in [5, 5.41) is 4.51. The molecule has 1 aliphatic carbocycles. The number of alkyl halides is 1. The Kier molecular flexibility index (Phi) is 2.96. The average molecular weight is 215 g/mol. The van der Waals surface area contributed by atoms with Gasteiger partial charge in [0.2, 0.25) is 0 Å². The highest BCUT2D eigenvalue weighted by Gasteiger charge is 2.29. The average Bonchev–Trinajstić information content (AvgIpc) is 2.51. The molecule has 0 bridgehead atoms. The van der Waals surface area contributed by atoms with E-state index < -0.39 is 0 Å². The van der Waals surface area contributed by atoms with Crippen LogP contribution in [0.4, 0.5) is 0 Å². The summed E-state index contributed by atoms with van der Waals surface area (Å²) in [6.07, 6.45) is 7.04. The van der Waals surface area contributed by atoms with Gasteiger partial charge in [-0.25, -0.2) is 0 Å². The maximum Gasteiger partial charge on any atom is 0.157 e. The largest absolute Gasteiger partial charge is 0.487 e. The molecule has 0 aromatic carbocycles. The molecule has 78 valence electrons. The molecule has 1 fully saturated rings. The third-order valence-corrected chi connectivity index (χ3v) is 2.76. The van der Waals surface area contributed by atoms with Crippen molar-refractivity contribution >= 4 is 11.6 Å². The summed E-state index contributed by atoms with van der Waals surface area (Å²) in [5.74, 6) is 0.868. The van der Waals surface area contributed by atoms with Crippen LogP contribution >= 0.6 is 11.6 Å². The van der Waals surface area contributed by atoms with Crippen molar-refractivity contribution in [3.05, 3.63) is 12.4 Å². The number of ether oxygens (including phenoxy) is 1. The van der Waals surface area contributed by atoms with Crippen LogP contribution in [0.3, 0.4) is 0 Å². The Balaban J connectivity index is 1.84. The highest BCUT2D eigenvalue weighted by molar-refractivity contribution is 6.21. The first-order valence-electron chi connectivity index (χ1n) is 5.11. The lowest BCUT2D eigenvalue weighted by Gasteiger charge is -2.30. The Bertz CT molecular complexity index is 294. The first-order valence-corrected chi connectivity index (χ1v) is 5.54. The van der Waals surface area contributed by atoms with Gasteiger partial charge in [0.05, 0.1) is 12.4 Å². The van der Waals surface area contributed by atoms with Gasteiger partial charge in [0.1, 0.15) is 6.10 Å². The quantitative estimate of drug-likeness (QED) is 0.720. The summed E-state index contributed by atoms with van der Waals surface area (Å²) in [5.41, 5.74) is 0. The van der Waals surface area contributed by atoms with Gasteiger partial charge in [0, 0.05) is 24.8 Å². The van der Waals surface area contributed by atoms with Crippen LogP contribution in [0.5, 0.6) is 5.75 Å². The maximum atomic E-state index is 5.86. The van der Waals surface area contributed by atoms with Crippen LogP contribution in [0.2, 0.25) is 0 Å². The summed E-state index contributed by atoms with van der Waals surface area (Å²) in [6.45, 7) is 3.08. The highest BCUT2D eigenvalue weighted by Crippen LogP contribution is 2.29. The van der Waals surface area contributed by atoms with Crippen LogP contribution in [0.25, 0.3) is 0 Å². The van der Waals surface area contributed by atoms with Gasteiger partial charge >= 0.3 is 0 Å². The van der Waals surface area contributed by atoms with Gasteiger partial charge in [0.15, 0.2) is 5.75 Å². The smallest absolute Gasteiger partial charge is 0.157 e. The third kappa shape index (κ3) is 2.21. The topological polar surface area (TPSA) is 27.1 Å². The van der Waals surface area contributed by atoms with Crippen LogP contribution < -0.4 is 4.74 Å². The standard InChI is InChI=1S/C10H15ClN2O/c1-2-3-13-7-10(6-12-13)14-9-4-8(11)5-9/h6-9H,2-5H2,1H3. The number of rotatable bonds is 4. The number of nitrogens with zero attached hydrogens (tertiary/aromatic N) is 2. The molecule has 2 rings (SSSR count). The number of hydrogen-bond donors (Lipinski definition) is 0. The van der Waals surface area contributed by atoms with Crippen LogP contribution in [-0.4, -0.2) is 21.3 Å². The predicted molar refractivity (Wildman–Crippen MR) is 55.8 cm³/mol. The minimum absolute atomic E-state index is 0.303. The van der Waals surface area contributed by atoms with E-state index in [1.807, 2.05) is 10.9 Å². The van der Waals surface area contributed by atoms with E-state index in [2.05, 4.69) is 12.0 Å². The van der Waals surface area contributed by atoms with Gasteiger partial charge in [-0.2, -0.15) is 5.10 Å². The SMILES string of the molecule is CCCn1cc(OC2CC(Cl)C2)cn1. The van der Waals surface area contributed by atoms with Crippen molar-refractivity contribution in [3.8, 4) is 5.75 Å². The Labute approximate surface area is 89.0 Å². The minimum Gasteiger partial charge on any atom is -0.487 e. The van der Waals surface area contributed by atoms with E-state index in [9.17, 15) is 0 Å². The molecule has 1 heterocycles. The Morgan fingerprint density at radius 3 is 3.07 bits per heavy atom. The second kappa shape index (κ2) is 4.22. The molecular weight excluding hydrogens is 200 g/mol. The Hall–Kier alpha value is -0.700. The van der Waals surface area contributed by atoms with Crippen molar-refractivity contribution in [1.82, 2.24) is 9.78 Å². The zero-order chi connectivity index (χ0) is 9.97. The number of aryl methyl sites for hydroxylation is 1. The fraction of sp³-hybridized carbons (Fsp3) is 0.700. The van der Waals surface area contributed by atoms with E-state index >= 15 is 0 Å². The van der Waals surface area contributed by atoms with Gasteiger partial charge in [-0.1, -0.05) is 6.92 Å². The fourth-order valence-corrected chi connectivity index (χ4v) is 1.94. The van der Waals surface area contributed by atoms with Gasteiger partial charge in [-0.15, -0.1) is 11.6 Å². The molecule has 0 aliphatic heterocycles. The van der Waals surface area contributed by atoms with Crippen LogP contribution in [0.1, 0.15) is 26.2 Å². The van der Waals surface area contributed by atoms with E-state index in [0.29, 0.717) is 11.5 Å². The van der Waals surface area contributed by atoms with Crippen LogP contribution in [-0.2, 0) is 6.54 Å². The van der Waals surface area contributed by atoms with Crippen LogP contribution in [0.15, 0.2) is 12.4 Å². The fourth-order valence-electron chi connectivity index (χ4n) is 1.55. The van der Waals surface area contributed by atoms with Gasteiger partial charge in [-0.3, -0.25) is 4.68 Å². The Morgan fingerprint density at radius 2 is 2.43 bits per heavy atom. The molecule has 0 atom stereocenters. The molecule has 1 aliphatic rings. The monoisotopic (exact) mass is 214 g/mol. The Morgan fingerprint density at radius 1 is 1.64 bits per heavy atom. The van der Waals surface area contributed by atoms with Crippen molar-refractivity contribution in [3.63, 3.8) is 0 Å². The van der Waals surface area contributed by atoms with E-state index in [1.165, 1.54) is 0 Å². The van der Waals surface area contributed by atoms with Gasteiger partial charge in [0.25, 0.3) is 0 Å². The zero-order valence-corrected chi connectivity index (χ0v) is 9.07. The van der Waals surface area contributed by atoms with Crippen molar-refractivity contribution in [1.29, 1.82) is 0 Å². The summed E-state index contributed by atoms with van der Waals surface area (Å²) >= 11 is 5.86. The van der Waals surface area contributed by atoms with E-state index in [-0.39, 0.29) is 0 Å². The third-order valence-electron chi connectivity index (χ3n) is 2.40. The lowest BCUT2D eigenvalue weighted by molar-refractivity contribution is 0.124. The second-order valence-corrected chi connectivity index (χ2v) is 4.36. The second-order valence-electron chi connectivity index (χ2n) is 3.75. The number of halogens is 1. The molecule has 0 radical (unpaired) electrons. The lowest BCUT2D eigenvalue weighted by Crippen LogP contribution is -2.34. The molecule has 0 spiro atoms. The van der Waals surface area contributed by atoms with Crippen molar-refractivity contribution in [2.24, 2.45) is 0 Å². The molecule has 3 nitrogen and oxygen atoms in total. The molecular formula is C10H15ClN2O. The van der Waals surface area contributed by atoms with E-state index in [1.54, 1.807) is 6.20 Å². The van der Waals surface area contributed by atoms with E-state index in [0.717, 1.165) is 31.6 Å². The normalized spacial score (nSPS) is 25.9. The predicted octanol–water partition coefficient (Wildman–Crippen LogP) is 2.44. The molecule has 1 aromatic rings. The summed E-state index contributed by atoms with van der Waals surface area (Å²) in [6, 6.07) is 0. The first-order chi connectivity index (χ1) is 6.78.